The average molecular weight is 250 g/mol. The van der Waals surface area contributed by atoms with Crippen LogP contribution < -0.4 is 4.74 Å². The highest BCUT2D eigenvalue weighted by Gasteiger charge is 2.27. The van der Waals surface area contributed by atoms with Crippen LogP contribution in [0.15, 0.2) is 18.2 Å². The van der Waals surface area contributed by atoms with Crippen molar-refractivity contribution in [2.45, 2.75) is 19.5 Å². The quantitative estimate of drug-likeness (QED) is 0.605. The Kier molecular flexibility index (Phi) is 4.09. The second-order valence-corrected chi connectivity index (χ2v) is 3.41. The predicted molar refractivity (Wildman–Crippen MR) is 52.6 cm³/mol. The van der Waals surface area contributed by atoms with E-state index < -0.39 is 30.8 Å². The maximum absolute atomic E-state index is 12.9. The van der Waals surface area contributed by atoms with Gasteiger partial charge in [-0.1, -0.05) is 0 Å². The lowest BCUT2D eigenvalue weighted by Crippen LogP contribution is -2.14. The van der Waals surface area contributed by atoms with Gasteiger partial charge in [-0.05, 0) is 19.1 Å². The largest absolute Gasteiger partial charge is 0.492 e. The fourth-order valence-electron chi connectivity index (χ4n) is 1.18. The van der Waals surface area contributed by atoms with Gasteiger partial charge in [0.25, 0.3) is 0 Å². The first-order valence-electron chi connectivity index (χ1n) is 4.79. The van der Waals surface area contributed by atoms with Crippen LogP contribution in [0.5, 0.6) is 5.75 Å². The summed E-state index contributed by atoms with van der Waals surface area (Å²) in [5.41, 5.74) is 0.0635. The van der Waals surface area contributed by atoms with Gasteiger partial charge in [0.15, 0.2) is 5.78 Å². The summed E-state index contributed by atoms with van der Waals surface area (Å²) >= 11 is 0. The van der Waals surface area contributed by atoms with E-state index in [0.29, 0.717) is 0 Å². The summed E-state index contributed by atoms with van der Waals surface area (Å²) in [4.78, 5) is 11.1. The maximum Gasteiger partial charge on any atom is 0.392 e. The molecular formula is C11H10F4O2. The lowest BCUT2D eigenvalue weighted by Gasteiger charge is -2.11. The van der Waals surface area contributed by atoms with Gasteiger partial charge in [-0.25, -0.2) is 4.39 Å². The minimum Gasteiger partial charge on any atom is -0.492 e. The van der Waals surface area contributed by atoms with Crippen LogP contribution in [-0.4, -0.2) is 18.6 Å². The van der Waals surface area contributed by atoms with Gasteiger partial charge in [0, 0.05) is 6.07 Å². The molecule has 0 spiro atoms. The number of benzene rings is 1. The molecule has 6 heteroatoms. The molecule has 0 N–H and O–H groups in total. The molecule has 0 radical (unpaired) electrons. The number of halogens is 4. The van der Waals surface area contributed by atoms with Crippen molar-refractivity contribution >= 4 is 5.78 Å². The summed E-state index contributed by atoms with van der Waals surface area (Å²) in [6.45, 7) is 0.580. The molecule has 2 nitrogen and oxygen atoms in total. The van der Waals surface area contributed by atoms with E-state index in [2.05, 4.69) is 0 Å². The van der Waals surface area contributed by atoms with E-state index in [1.165, 1.54) is 13.0 Å². The minimum atomic E-state index is -4.34. The first kappa shape index (κ1) is 13.5. The number of hydrogen-bond donors (Lipinski definition) is 0. The van der Waals surface area contributed by atoms with Crippen LogP contribution in [0.3, 0.4) is 0 Å². The summed E-state index contributed by atoms with van der Waals surface area (Å²) in [7, 11) is 0. The van der Waals surface area contributed by atoms with Crippen LogP contribution in [0.25, 0.3) is 0 Å². The molecule has 0 heterocycles. The SMILES string of the molecule is CC(=O)c1ccc(F)cc1OCCC(F)(F)F. The summed E-state index contributed by atoms with van der Waals surface area (Å²) in [6, 6.07) is 3.13. The molecule has 0 aliphatic rings. The predicted octanol–water partition coefficient (Wildman–Crippen LogP) is 3.36. The fraction of sp³-hybridized carbons (Fsp3) is 0.364. The number of ketones is 1. The van der Waals surface area contributed by atoms with Gasteiger partial charge in [0.1, 0.15) is 11.6 Å². The number of rotatable bonds is 4. The zero-order valence-electron chi connectivity index (χ0n) is 8.97. The van der Waals surface area contributed by atoms with E-state index in [9.17, 15) is 22.4 Å². The second-order valence-electron chi connectivity index (χ2n) is 3.41. The van der Waals surface area contributed by atoms with Crippen LogP contribution in [0.1, 0.15) is 23.7 Å². The summed E-state index contributed by atoms with van der Waals surface area (Å²) in [5.74, 6) is -1.23. The summed E-state index contributed by atoms with van der Waals surface area (Å²) in [5, 5.41) is 0. The molecule has 0 unspecified atom stereocenters. The highest BCUT2D eigenvalue weighted by atomic mass is 19.4. The minimum absolute atomic E-state index is 0.0635. The van der Waals surface area contributed by atoms with Crippen molar-refractivity contribution in [1.82, 2.24) is 0 Å². The maximum atomic E-state index is 12.9. The molecule has 0 amide bonds. The van der Waals surface area contributed by atoms with Crippen LogP contribution in [0, 0.1) is 5.82 Å². The standard InChI is InChI=1S/C11H10F4O2/c1-7(16)9-3-2-8(12)6-10(9)17-5-4-11(13,14)15/h2-3,6H,4-5H2,1H3. The number of hydrogen-bond acceptors (Lipinski definition) is 2. The van der Waals surface area contributed by atoms with E-state index in [0.717, 1.165) is 12.1 Å². The highest BCUT2D eigenvalue weighted by molar-refractivity contribution is 5.96. The third-order valence-corrected chi connectivity index (χ3v) is 1.97. The molecule has 0 aliphatic carbocycles. The molecule has 0 saturated carbocycles. The number of Topliss-reactive ketones (excluding diaryl/α,β-unsaturated/α-hetero) is 1. The second kappa shape index (κ2) is 5.16. The van der Waals surface area contributed by atoms with Gasteiger partial charge in [-0.15, -0.1) is 0 Å². The van der Waals surface area contributed by atoms with E-state index in [1.54, 1.807) is 0 Å². The van der Waals surface area contributed by atoms with Crippen LogP contribution in [0.4, 0.5) is 17.6 Å². The van der Waals surface area contributed by atoms with Crippen molar-refractivity contribution in [2.24, 2.45) is 0 Å². The van der Waals surface area contributed by atoms with Gasteiger partial charge < -0.3 is 4.74 Å². The Morgan fingerprint density at radius 3 is 2.53 bits per heavy atom. The van der Waals surface area contributed by atoms with Gasteiger partial charge in [-0.2, -0.15) is 13.2 Å². The number of carbonyl (C=O) groups excluding carboxylic acids is 1. The Bertz CT molecular complexity index is 412. The van der Waals surface area contributed by atoms with Crippen LogP contribution in [-0.2, 0) is 0 Å². The highest BCUT2D eigenvalue weighted by Crippen LogP contribution is 2.23. The molecule has 0 atom stereocenters. The monoisotopic (exact) mass is 250 g/mol. The molecular weight excluding hydrogens is 240 g/mol. The Hall–Kier alpha value is -1.59. The van der Waals surface area contributed by atoms with Crippen molar-refractivity contribution in [3.05, 3.63) is 29.6 Å². The molecule has 0 bridgehead atoms. The molecule has 94 valence electrons. The number of ether oxygens (including phenoxy) is 1. The Morgan fingerprint density at radius 2 is 2.00 bits per heavy atom. The lowest BCUT2D eigenvalue weighted by molar-refractivity contribution is -0.139. The lowest BCUT2D eigenvalue weighted by atomic mass is 10.1. The van der Waals surface area contributed by atoms with Gasteiger partial charge in [0.2, 0.25) is 0 Å². The fourth-order valence-corrected chi connectivity index (χ4v) is 1.18. The van der Waals surface area contributed by atoms with E-state index in [1.807, 2.05) is 0 Å². The summed E-state index contributed by atoms with van der Waals surface area (Å²) in [6.07, 6.45) is -5.50. The normalized spacial score (nSPS) is 11.4. The first-order chi connectivity index (χ1) is 7.79. The van der Waals surface area contributed by atoms with E-state index in [4.69, 9.17) is 4.74 Å². The van der Waals surface area contributed by atoms with Gasteiger partial charge in [0.05, 0.1) is 18.6 Å². The third-order valence-electron chi connectivity index (χ3n) is 1.97. The van der Waals surface area contributed by atoms with Crippen molar-refractivity contribution in [3.63, 3.8) is 0 Å². The van der Waals surface area contributed by atoms with Crippen molar-refractivity contribution in [3.8, 4) is 5.75 Å². The summed E-state index contributed by atoms with van der Waals surface area (Å²) < 4.78 is 53.3. The molecule has 0 aromatic heterocycles. The third kappa shape index (κ3) is 4.42. The van der Waals surface area contributed by atoms with Crippen LogP contribution >= 0.6 is 0 Å². The average Bonchev–Trinajstić information content (AvgIpc) is 2.15. The van der Waals surface area contributed by atoms with Crippen molar-refractivity contribution in [2.75, 3.05) is 6.61 Å². The van der Waals surface area contributed by atoms with Crippen molar-refractivity contribution < 1.29 is 27.1 Å². The Morgan fingerprint density at radius 1 is 1.35 bits per heavy atom. The smallest absolute Gasteiger partial charge is 0.392 e. The molecule has 1 rings (SSSR count). The zero-order chi connectivity index (χ0) is 13.1. The molecule has 1 aromatic carbocycles. The Balaban J connectivity index is 2.75. The molecule has 17 heavy (non-hydrogen) atoms. The van der Waals surface area contributed by atoms with Gasteiger partial charge in [-0.3, -0.25) is 4.79 Å². The topological polar surface area (TPSA) is 26.3 Å². The molecule has 0 fully saturated rings. The Labute approximate surface area is 95.2 Å². The number of alkyl halides is 3. The van der Waals surface area contributed by atoms with E-state index in [-0.39, 0.29) is 11.3 Å². The van der Waals surface area contributed by atoms with Gasteiger partial charge >= 0.3 is 6.18 Å². The first-order valence-corrected chi connectivity index (χ1v) is 4.79. The molecule has 0 aliphatic heterocycles. The molecule has 1 aromatic rings. The van der Waals surface area contributed by atoms with Crippen LogP contribution in [0.2, 0.25) is 0 Å². The number of carbonyl (C=O) groups is 1. The van der Waals surface area contributed by atoms with E-state index >= 15 is 0 Å². The van der Waals surface area contributed by atoms with Crippen molar-refractivity contribution in [1.29, 1.82) is 0 Å². The molecule has 0 saturated heterocycles. The zero-order valence-corrected chi connectivity index (χ0v) is 8.97.